The minimum atomic E-state index is 0.543. The van der Waals surface area contributed by atoms with Crippen molar-refractivity contribution in [3.05, 3.63) is 65.2 Å². The van der Waals surface area contributed by atoms with Gasteiger partial charge < -0.3 is 14.2 Å². The number of methoxy groups -OCH3 is 1. The van der Waals surface area contributed by atoms with E-state index in [0.717, 1.165) is 29.7 Å². The fourth-order valence-electron chi connectivity index (χ4n) is 2.45. The molecule has 0 heterocycles. The number of hydrogen-bond acceptors (Lipinski definition) is 4. The van der Waals surface area contributed by atoms with Crippen LogP contribution in [0.4, 0.5) is 0 Å². The van der Waals surface area contributed by atoms with E-state index in [1.165, 1.54) is 5.56 Å². The summed E-state index contributed by atoms with van der Waals surface area (Å²) in [5.41, 5.74) is 3.36. The maximum Gasteiger partial charge on any atom is 0.191 e. The van der Waals surface area contributed by atoms with Gasteiger partial charge in [0, 0.05) is 12.2 Å². The fraction of sp³-hybridized carbons (Fsp3) is 0.350. The topological polar surface area (TPSA) is 27.7 Å². The van der Waals surface area contributed by atoms with Gasteiger partial charge in [-0.05, 0) is 55.2 Å². The molecule has 0 aliphatic rings. The smallest absolute Gasteiger partial charge is 0.191 e. The Morgan fingerprint density at radius 2 is 1.79 bits per heavy atom. The van der Waals surface area contributed by atoms with E-state index in [-0.39, 0.29) is 0 Å². The standard InChI is InChI=1S/C20H24O3S/c1-3-23-18-12-10-16(11-13-18)15-22-14-6-8-17-7-4-5-9-19(17)20(24)21-2/h4-5,7,9-13H,3,6,8,14-15H2,1-2H3. The summed E-state index contributed by atoms with van der Waals surface area (Å²) in [5, 5.41) is 0.543. The Morgan fingerprint density at radius 3 is 2.50 bits per heavy atom. The zero-order valence-corrected chi connectivity index (χ0v) is 15.1. The van der Waals surface area contributed by atoms with Gasteiger partial charge in [0.2, 0.25) is 0 Å². The van der Waals surface area contributed by atoms with E-state index in [1.807, 2.05) is 49.4 Å². The molecule has 0 bridgehead atoms. The lowest BCUT2D eigenvalue weighted by molar-refractivity contribution is 0.118. The van der Waals surface area contributed by atoms with Crippen LogP contribution >= 0.6 is 12.2 Å². The van der Waals surface area contributed by atoms with Crippen molar-refractivity contribution in [1.29, 1.82) is 0 Å². The van der Waals surface area contributed by atoms with Crippen LogP contribution in [0.25, 0.3) is 0 Å². The van der Waals surface area contributed by atoms with Crippen LogP contribution in [-0.2, 0) is 22.5 Å². The molecule has 0 saturated carbocycles. The molecule has 0 saturated heterocycles. The third-order valence-electron chi connectivity index (χ3n) is 3.66. The molecule has 0 unspecified atom stereocenters. The predicted octanol–water partition coefficient (Wildman–Crippen LogP) is 4.56. The summed E-state index contributed by atoms with van der Waals surface area (Å²) < 4.78 is 16.4. The van der Waals surface area contributed by atoms with Gasteiger partial charge in [-0.3, -0.25) is 0 Å². The van der Waals surface area contributed by atoms with E-state index in [1.54, 1.807) is 7.11 Å². The van der Waals surface area contributed by atoms with Gasteiger partial charge in [-0.2, -0.15) is 0 Å². The molecule has 0 aromatic heterocycles. The Kier molecular flexibility index (Phi) is 7.72. The number of aryl methyl sites for hydroxylation is 1. The maximum absolute atomic E-state index is 5.76. The number of rotatable bonds is 9. The number of hydrogen-bond donors (Lipinski definition) is 0. The first-order chi connectivity index (χ1) is 11.7. The first-order valence-corrected chi connectivity index (χ1v) is 8.61. The zero-order valence-electron chi connectivity index (χ0n) is 14.3. The molecule has 3 nitrogen and oxygen atoms in total. The Balaban J connectivity index is 1.74. The first-order valence-electron chi connectivity index (χ1n) is 8.20. The Bertz CT molecular complexity index is 638. The van der Waals surface area contributed by atoms with Crippen LogP contribution < -0.4 is 4.74 Å². The largest absolute Gasteiger partial charge is 0.494 e. The molecule has 0 fully saturated rings. The van der Waals surface area contributed by atoms with Crippen molar-refractivity contribution in [3.8, 4) is 5.75 Å². The van der Waals surface area contributed by atoms with E-state index < -0.39 is 0 Å². The van der Waals surface area contributed by atoms with E-state index in [2.05, 4.69) is 6.07 Å². The van der Waals surface area contributed by atoms with Crippen molar-refractivity contribution < 1.29 is 14.2 Å². The molecular formula is C20H24O3S. The van der Waals surface area contributed by atoms with Crippen LogP contribution in [0.1, 0.15) is 30.0 Å². The summed E-state index contributed by atoms with van der Waals surface area (Å²) in [6, 6.07) is 16.1. The molecule has 0 spiro atoms. The molecule has 0 aliphatic heterocycles. The summed E-state index contributed by atoms with van der Waals surface area (Å²) in [6.45, 7) is 3.99. The molecule has 128 valence electrons. The second kappa shape index (κ2) is 10.1. The molecule has 2 rings (SSSR count). The van der Waals surface area contributed by atoms with Gasteiger partial charge in [0.05, 0.1) is 20.3 Å². The summed E-state index contributed by atoms with van der Waals surface area (Å²) in [7, 11) is 1.61. The average Bonchev–Trinajstić information content (AvgIpc) is 2.63. The molecule has 4 heteroatoms. The van der Waals surface area contributed by atoms with Crippen molar-refractivity contribution in [2.75, 3.05) is 20.3 Å². The van der Waals surface area contributed by atoms with Crippen LogP contribution in [0.15, 0.2) is 48.5 Å². The normalized spacial score (nSPS) is 10.4. The minimum Gasteiger partial charge on any atom is -0.494 e. The van der Waals surface area contributed by atoms with Crippen molar-refractivity contribution in [2.45, 2.75) is 26.4 Å². The highest BCUT2D eigenvalue weighted by atomic mass is 32.1. The molecule has 0 atom stereocenters. The van der Waals surface area contributed by atoms with Crippen LogP contribution in [-0.4, -0.2) is 25.4 Å². The Labute approximate surface area is 149 Å². The van der Waals surface area contributed by atoms with Crippen molar-refractivity contribution >= 4 is 17.3 Å². The molecule has 0 N–H and O–H groups in total. The van der Waals surface area contributed by atoms with E-state index >= 15 is 0 Å². The molecular weight excluding hydrogens is 320 g/mol. The minimum absolute atomic E-state index is 0.543. The first kappa shape index (κ1) is 18.4. The lowest BCUT2D eigenvalue weighted by Crippen LogP contribution is -2.05. The SMILES string of the molecule is CCOc1ccc(COCCCc2ccccc2C(=S)OC)cc1. The molecule has 0 aliphatic carbocycles. The fourth-order valence-corrected chi connectivity index (χ4v) is 2.65. The predicted molar refractivity (Wildman–Crippen MR) is 101 cm³/mol. The zero-order chi connectivity index (χ0) is 17.2. The van der Waals surface area contributed by atoms with Gasteiger partial charge in [-0.1, -0.05) is 36.4 Å². The summed E-state index contributed by atoms with van der Waals surface area (Å²) in [4.78, 5) is 0. The van der Waals surface area contributed by atoms with Crippen LogP contribution in [0.2, 0.25) is 0 Å². The Hall–Kier alpha value is -1.91. The number of benzene rings is 2. The summed E-state index contributed by atoms with van der Waals surface area (Å²) >= 11 is 5.24. The van der Waals surface area contributed by atoms with Crippen molar-refractivity contribution in [3.63, 3.8) is 0 Å². The number of ether oxygens (including phenoxy) is 3. The highest BCUT2D eigenvalue weighted by molar-refractivity contribution is 7.80. The van der Waals surface area contributed by atoms with Gasteiger partial charge in [0.15, 0.2) is 5.05 Å². The van der Waals surface area contributed by atoms with Crippen LogP contribution in [0.5, 0.6) is 5.75 Å². The summed E-state index contributed by atoms with van der Waals surface area (Å²) in [5.74, 6) is 0.895. The maximum atomic E-state index is 5.76. The third kappa shape index (κ3) is 5.62. The highest BCUT2D eigenvalue weighted by Gasteiger charge is 2.07. The van der Waals surface area contributed by atoms with Crippen molar-refractivity contribution in [1.82, 2.24) is 0 Å². The van der Waals surface area contributed by atoms with E-state index in [9.17, 15) is 0 Å². The lowest BCUT2D eigenvalue weighted by atomic mass is 10.0. The van der Waals surface area contributed by atoms with Gasteiger partial charge in [-0.15, -0.1) is 0 Å². The summed E-state index contributed by atoms with van der Waals surface area (Å²) in [6.07, 6.45) is 1.86. The van der Waals surface area contributed by atoms with E-state index in [0.29, 0.717) is 24.9 Å². The van der Waals surface area contributed by atoms with Gasteiger partial charge in [-0.25, -0.2) is 0 Å². The van der Waals surface area contributed by atoms with E-state index in [4.69, 9.17) is 26.4 Å². The van der Waals surface area contributed by atoms with Gasteiger partial charge >= 0.3 is 0 Å². The average molecular weight is 344 g/mol. The second-order valence-corrected chi connectivity index (χ2v) is 5.75. The molecule has 0 radical (unpaired) electrons. The Morgan fingerprint density at radius 1 is 1.04 bits per heavy atom. The van der Waals surface area contributed by atoms with Crippen LogP contribution in [0, 0.1) is 0 Å². The van der Waals surface area contributed by atoms with Crippen molar-refractivity contribution in [2.24, 2.45) is 0 Å². The molecule has 2 aromatic rings. The van der Waals surface area contributed by atoms with Gasteiger partial charge in [0.1, 0.15) is 5.75 Å². The number of thiocarbonyl (C=S) groups is 1. The molecule has 24 heavy (non-hydrogen) atoms. The monoisotopic (exact) mass is 344 g/mol. The molecule has 2 aromatic carbocycles. The highest BCUT2D eigenvalue weighted by Crippen LogP contribution is 2.15. The van der Waals surface area contributed by atoms with Gasteiger partial charge in [0.25, 0.3) is 0 Å². The quantitative estimate of drug-likeness (QED) is 0.492. The second-order valence-electron chi connectivity index (χ2n) is 5.38. The third-order valence-corrected chi connectivity index (χ3v) is 4.05. The van der Waals surface area contributed by atoms with Crippen LogP contribution in [0.3, 0.4) is 0 Å². The molecule has 0 amide bonds. The lowest BCUT2D eigenvalue weighted by Gasteiger charge is -2.10.